The van der Waals surface area contributed by atoms with Gasteiger partial charge in [-0.3, -0.25) is 25.2 Å². The number of fused-ring (bicyclic) bond motifs is 1. The van der Waals surface area contributed by atoms with E-state index in [4.69, 9.17) is 0 Å². The summed E-state index contributed by atoms with van der Waals surface area (Å²) in [6.07, 6.45) is 3.02. The second-order valence-corrected chi connectivity index (χ2v) is 6.39. The Hall–Kier alpha value is -3.55. The molecule has 26 heavy (non-hydrogen) atoms. The van der Waals surface area contributed by atoms with Crippen molar-refractivity contribution < 1.29 is 15.0 Å². The number of hydrogen-bond donors (Lipinski definition) is 1. The maximum absolute atomic E-state index is 11.0. The Morgan fingerprint density at radius 2 is 1.77 bits per heavy atom. The number of aromatic hydroxyl groups is 1. The van der Waals surface area contributed by atoms with Crippen molar-refractivity contribution in [2.24, 2.45) is 4.99 Å². The molecule has 0 amide bonds. The Kier molecular flexibility index (Phi) is 4.03. The van der Waals surface area contributed by atoms with Gasteiger partial charge in [-0.2, -0.15) is 0 Å². The van der Waals surface area contributed by atoms with Gasteiger partial charge < -0.3 is 5.11 Å². The van der Waals surface area contributed by atoms with Crippen molar-refractivity contribution in [1.82, 2.24) is 0 Å². The van der Waals surface area contributed by atoms with Gasteiger partial charge in [0.05, 0.1) is 27.3 Å². The van der Waals surface area contributed by atoms with Crippen LogP contribution in [0.4, 0.5) is 17.1 Å². The van der Waals surface area contributed by atoms with E-state index in [9.17, 15) is 25.3 Å². The van der Waals surface area contributed by atoms with Crippen LogP contribution >= 0.6 is 0 Å². The Morgan fingerprint density at radius 1 is 1.08 bits per heavy atom. The van der Waals surface area contributed by atoms with E-state index in [1.807, 2.05) is 38.1 Å². The molecule has 3 rings (SSSR count). The highest BCUT2D eigenvalue weighted by molar-refractivity contribution is 6.10. The highest BCUT2D eigenvalue weighted by Gasteiger charge is 2.33. The van der Waals surface area contributed by atoms with Crippen LogP contribution in [0.3, 0.4) is 0 Å². The van der Waals surface area contributed by atoms with Gasteiger partial charge in [-0.25, -0.2) is 0 Å². The van der Waals surface area contributed by atoms with Crippen LogP contribution < -0.4 is 0 Å². The van der Waals surface area contributed by atoms with Crippen molar-refractivity contribution in [2.75, 3.05) is 0 Å². The molecule has 1 heterocycles. The number of para-hydroxylation sites is 1. The molecule has 0 unspecified atom stereocenters. The van der Waals surface area contributed by atoms with Crippen molar-refractivity contribution in [1.29, 1.82) is 0 Å². The number of benzene rings is 2. The fourth-order valence-electron chi connectivity index (χ4n) is 2.92. The standard InChI is InChI=1S/C18H15N3O5/c1-18(2)13-5-3-4-6-14(13)19-16(18)8-7-11-9-12(20(23)24)10-15(17(11)22)21(25)26/h3-10,22H,1-2H3/b8-7+. The number of nitro groups is 2. The molecule has 2 aromatic rings. The average molecular weight is 353 g/mol. The third kappa shape index (κ3) is 2.81. The molecule has 0 fully saturated rings. The number of rotatable bonds is 4. The molecule has 0 saturated carbocycles. The predicted molar refractivity (Wildman–Crippen MR) is 97.0 cm³/mol. The van der Waals surface area contributed by atoms with E-state index in [1.165, 1.54) is 6.08 Å². The molecule has 0 spiro atoms. The molecule has 0 radical (unpaired) electrons. The second kappa shape index (κ2) is 6.07. The van der Waals surface area contributed by atoms with Gasteiger partial charge in [0.1, 0.15) is 0 Å². The van der Waals surface area contributed by atoms with Crippen molar-refractivity contribution in [3.05, 3.63) is 73.8 Å². The maximum Gasteiger partial charge on any atom is 0.318 e. The third-order valence-electron chi connectivity index (χ3n) is 4.39. The summed E-state index contributed by atoms with van der Waals surface area (Å²) < 4.78 is 0. The fraction of sp³-hybridized carbons (Fsp3) is 0.167. The molecular weight excluding hydrogens is 338 g/mol. The van der Waals surface area contributed by atoms with Crippen LogP contribution in [0.2, 0.25) is 0 Å². The number of phenols is 1. The highest BCUT2D eigenvalue weighted by Crippen LogP contribution is 2.41. The summed E-state index contributed by atoms with van der Waals surface area (Å²) in [4.78, 5) is 25.0. The first-order valence-electron chi connectivity index (χ1n) is 7.74. The van der Waals surface area contributed by atoms with Crippen LogP contribution in [0.5, 0.6) is 5.75 Å². The number of non-ortho nitro benzene ring substituents is 1. The van der Waals surface area contributed by atoms with E-state index in [0.717, 1.165) is 23.4 Å². The normalized spacial score (nSPS) is 14.9. The minimum atomic E-state index is -0.855. The topological polar surface area (TPSA) is 119 Å². The first kappa shape index (κ1) is 17.3. The SMILES string of the molecule is CC1(C)C(/C=C/c2cc([N+](=O)[O-])cc([N+](=O)[O-])c2O)=Nc2ccccc21. The molecule has 0 aliphatic carbocycles. The number of allylic oxidation sites excluding steroid dienone is 1. The minimum Gasteiger partial charge on any atom is -0.502 e. The largest absolute Gasteiger partial charge is 0.502 e. The molecule has 0 atom stereocenters. The molecular formula is C18H15N3O5. The Bertz CT molecular complexity index is 992. The molecule has 1 N–H and O–H groups in total. The first-order valence-corrected chi connectivity index (χ1v) is 7.74. The maximum atomic E-state index is 11.0. The minimum absolute atomic E-state index is 0.0136. The first-order chi connectivity index (χ1) is 12.2. The predicted octanol–water partition coefficient (Wildman–Crippen LogP) is 4.29. The summed E-state index contributed by atoms with van der Waals surface area (Å²) in [5.74, 6) is -0.620. The van der Waals surface area contributed by atoms with E-state index in [0.29, 0.717) is 5.71 Å². The van der Waals surface area contributed by atoms with Crippen molar-refractivity contribution in [3.63, 3.8) is 0 Å². The molecule has 1 aliphatic rings. The molecule has 8 heteroatoms. The van der Waals surface area contributed by atoms with Crippen LogP contribution in [0.25, 0.3) is 6.08 Å². The van der Waals surface area contributed by atoms with Gasteiger partial charge in [0.15, 0.2) is 0 Å². The molecule has 0 aromatic heterocycles. The van der Waals surface area contributed by atoms with E-state index in [1.54, 1.807) is 6.08 Å². The van der Waals surface area contributed by atoms with Gasteiger partial charge in [0, 0.05) is 17.0 Å². The fourth-order valence-corrected chi connectivity index (χ4v) is 2.92. The number of nitrogens with zero attached hydrogens (tertiary/aromatic N) is 3. The molecule has 0 saturated heterocycles. The Balaban J connectivity index is 2.05. The zero-order chi connectivity index (χ0) is 19.1. The van der Waals surface area contributed by atoms with E-state index in [2.05, 4.69) is 4.99 Å². The highest BCUT2D eigenvalue weighted by atomic mass is 16.6. The van der Waals surface area contributed by atoms with Crippen molar-refractivity contribution >= 4 is 28.8 Å². The molecule has 132 valence electrons. The zero-order valence-corrected chi connectivity index (χ0v) is 14.0. The second-order valence-electron chi connectivity index (χ2n) is 6.39. The quantitative estimate of drug-likeness (QED) is 0.649. The van der Waals surface area contributed by atoms with Gasteiger partial charge >= 0.3 is 5.69 Å². The lowest BCUT2D eigenvalue weighted by Crippen LogP contribution is -2.23. The van der Waals surface area contributed by atoms with Gasteiger partial charge in [0.2, 0.25) is 5.75 Å². The summed E-state index contributed by atoms with van der Waals surface area (Å²) in [7, 11) is 0. The van der Waals surface area contributed by atoms with Crippen molar-refractivity contribution in [2.45, 2.75) is 19.3 Å². The van der Waals surface area contributed by atoms with E-state index in [-0.39, 0.29) is 5.56 Å². The van der Waals surface area contributed by atoms with Gasteiger partial charge in [-0.05, 0) is 23.8 Å². The van der Waals surface area contributed by atoms with Gasteiger partial charge in [0.25, 0.3) is 5.69 Å². The monoisotopic (exact) mass is 353 g/mol. The van der Waals surface area contributed by atoms with Gasteiger partial charge in [-0.1, -0.05) is 32.0 Å². The van der Waals surface area contributed by atoms with Crippen LogP contribution in [0.1, 0.15) is 25.0 Å². The zero-order valence-electron chi connectivity index (χ0n) is 14.0. The summed E-state index contributed by atoms with van der Waals surface area (Å²) in [6.45, 7) is 3.97. The van der Waals surface area contributed by atoms with Crippen LogP contribution in [0, 0.1) is 20.2 Å². The molecule has 8 nitrogen and oxygen atoms in total. The Labute approximate surface area is 148 Å². The van der Waals surface area contributed by atoms with Crippen molar-refractivity contribution in [3.8, 4) is 5.75 Å². The lowest BCUT2D eigenvalue weighted by molar-refractivity contribution is -0.394. The lowest BCUT2D eigenvalue weighted by Gasteiger charge is -2.20. The summed E-state index contributed by atoms with van der Waals surface area (Å²) in [5, 5.41) is 32.1. The van der Waals surface area contributed by atoms with E-state index < -0.39 is 32.4 Å². The molecule has 1 aliphatic heterocycles. The van der Waals surface area contributed by atoms with Crippen LogP contribution in [-0.4, -0.2) is 20.7 Å². The number of aliphatic imine (C=N–C) groups is 1. The van der Waals surface area contributed by atoms with Crippen LogP contribution in [-0.2, 0) is 5.41 Å². The third-order valence-corrected chi connectivity index (χ3v) is 4.39. The van der Waals surface area contributed by atoms with Crippen LogP contribution in [0.15, 0.2) is 47.5 Å². The summed E-state index contributed by atoms with van der Waals surface area (Å²) in [5.41, 5.74) is 0.961. The average Bonchev–Trinajstić information content (AvgIpc) is 2.84. The lowest BCUT2D eigenvalue weighted by atomic mass is 9.81. The molecule has 2 aromatic carbocycles. The molecule has 0 bridgehead atoms. The van der Waals surface area contributed by atoms with E-state index >= 15 is 0 Å². The van der Waals surface area contributed by atoms with Gasteiger partial charge in [-0.15, -0.1) is 0 Å². The number of hydrogen-bond acceptors (Lipinski definition) is 6. The number of nitro benzene ring substituents is 2. The summed E-state index contributed by atoms with van der Waals surface area (Å²) in [6, 6.07) is 9.47. The smallest absolute Gasteiger partial charge is 0.318 e. The Morgan fingerprint density at radius 3 is 2.38 bits per heavy atom. The number of phenolic OH excluding ortho intramolecular Hbond substituents is 1. The summed E-state index contributed by atoms with van der Waals surface area (Å²) >= 11 is 0.